The summed E-state index contributed by atoms with van der Waals surface area (Å²) in [5.41, 5.74) is 2.41. The first-order valence-electron chi connectivity index (χ1n) is 5.49. The van der Waals surface area contributed by atoms with Crippen molar-refractivity contribution in [1.29, 1.82) is 0 Å². The quantitative estimate of drug-likeness (QED) is 0.829. The van der Waals surface area contributed by atoms with Crippen LogP contribution < -0.4 is 0 Å². The normalized spacial score (nSPS) is 17.7. The van der Waals surface area contributed by atoms with E-state index in [-0.39, 0.29) is 0 Å². The van der Waals surface area contributed by atoms with Crippen molar-refractivity contribution in [2.45, 2.75) is 31.6 Å². The van der Waals surface area contributed by atoms with Crippen LogP contribution in [0.1, 0.15) is 37.3 Å². The number of H-pyrrole nitrogens is 1. The van der Waals surface area contributed by atoms with Crippen LogP contribution in [0.15, 0.2) is 22.7 Å². The van der Waals surface area contributed by atoms with E-state index in [0.717, 1.165) is 9.99 Å². The topological polar surface area (TPSA) is 28.7 Å². The molecule has 2 nitrogen and oxygen atoms in total. The lowest BCUT2D eigenvalue weighted by Gasteiger charge is -2.05. The molecule has 1 saturated carbocycles. The second-order valence-electron chi connectivity index (χ2n) is 4.25. The van der Waals surface area contributed by atoms with Crippen LogP contribution in [0.4, 0.5) is 0 Å². The van der Waals surface area contributed by atoms with Gasteiger partial charge >= 0.3 is 0 Å². The van der Waals surface area contributed by atoms with Crippen LogP contribution in [0.5, 0.6) is 0 Å². The molecule has 0 radical (unpaired) electrons. The summed E-state index contributed by atoms with van der Waals surface area (Å²) >= 11 is 3.54. The molecule has 0 aliphatic heterocycles. The van der Waals surface area contributed by atoms with E-state index in [4.69, 9.17) is 0 Å². The van der Waals surface area contributed by atoms with Gasteiger partial charge in [-0.3, -0.25) is 5.10 Å². The number of para-hydroxylation sites is 1. The number of nitrogens with zero attached hydrogens (tertiary/aromatic N) is 1. The monoisotopic (exact) mass is 264 g/mol. The highest BCUT2D eigenvalue weighted by atomic mass is 79.9. The van der Waals surface area contributed by atoms with Crippen molar-refractivity contribution in [3.63, 3.8) is 0 Å². The Labute approximate surface area is 97.2 Å². The van der Waals surface area contributed by atoms with Crippen LogP contribution in [0.25, 0.3) is 10.9 Å². The summed E-state index contributed by atoms with van der Waals surface area (Å²) in [5, 5.41) is 8.90. The molecule has 78 valence electrons. The minimum atomic E-state index is 0.698. The molecule has 0 saturated heterocycles. The van der Waals surface area contributed by atoms with Gasteiger partial charge in [0.25, 0.3) is 0 Å². The summed E-state index contributed by atoms with van der Waals surface area (Å²) in [4.78, 5) is 0. The Morgan fingerprint density at radius 3 is 2.87 bits per heavy atom. The first kappa shape index (κ1) is 9.40. The molecular weight excluding hydrogens is 252 g/mol. The average molecular weight is 265 g/mol. The molecule has 15 heavy (non-hydrogen) atoms. The van der Waals surface area contributed by atoms with Gasteiger partial charge in [0.1, 0.15) is 5.52 Å². The van der Waals surface area contributed by atoms with Crippen molar-refractivity contribution in [3.8, 4) is 0 Å². The molecule has 0 bridgehead atoms. The number of rotatable bonds is 1. The van der Waals surface area contributed by atoms with Crippen LogP contribution >= 0.6 is 15.9 Å². The Balaban J connectivity index is 2.15. The molecule has 1 heterocycles. The molecule has 0 amide bonds. The third-order valence-corrected chi connectivity index (χ3v) is 3.97. The summed E-state index contributed by atoms with van der Waals surface area (Å²) in [6.07, 6.45) is 5.34. The Kier molecular flexibility index (Phi) is 2.28. The van der Waals surface area contributed by atoms with Gasteiger partial charge in [0, 0.05) is 21.5 Å². The van der Waals surface area contributed by atoms with E-state index < -0.39 is 0 Å². The lowest BCUT2D eigenvalue weighted by Crippen LogP contribution is -1.92. The minimum absolute atomic E-state index is 0.698. The number of nitrogens with one attached hydrogen (secondary N) is 1. The molecular formula is C12H13BrN2. The van der Waals surface area contributed by atoms with Crippen molar-refractivity contribution in [3.05, 3.63) is 28.4 Å². The maximum Gasteiger partial charge on any atom is 0.107 e. The van der Waals surface area contributed by atoms with Crippen LogP contribution in [0.2, 0.25) is 0 Å². The molecule has 1 fully saturated rings. The Bertz CT molecular complexity index is 483. The molecule has 3 rings (SSSR count). The van der Waals surface area contributed by atoms with Gasteiger partial charge in [-0.25, -0.2) is 0 Å². The van der Waals surface area contributed by atoms with E-state index in [0.29, 0.717) is 5.92 Å². The van der Waals surface area contributed by atoms with Crippen LogP contribution in [-0.4, -0.2) is 10.2 Å². The zero-order valence-corrected chi connectivity index (χ0v) is 10.0. The summed E-state index contributed by atoms with van der Waals surface area (Å²) in [6.45, 7) is 0. The zero-order chi connectivity index (χ0) is 10.3. The number of hydrogen-bond donors (Lipinski definition) is 1. The molecule has 1 aromatic heterocycles. The molecule has 1 aliphatic rings. The lowest BCUT2D eigenvalue weighted by atomic mass is 10.0. The summed E-state index contributed by atoms with van der Waals surface area (Å²) in [7, 11) is 0. The van der Waals surface area contributed by atoms with Gasteiger partial charge in [-0.1, -0.05) is 25.0 Å². The van der Waals surface area contributed by atoms with Gasteiger partial charge in [-0.15, -0.1) is 0 Å². The summed E-state index contributed by atoms with van der Waals surface area (Å²) in [6, 6.07) is 6.29. The van der Waals surface area contributed by atoms with Gasteiger partial charge in [0.05, 0.1) is 0 Å². The van der Waals surface area contributed by atoms with Crippen LogP contribution in [0.3, 0.4) is 0 Å². The van der Waals surface area contributed by atoms with Crippen molar-refractivity contribution in [2.75, 3.05) is 0 Å². The predicted molar refractivity (Wildman–Crippen MR) is 65.0 cm³/mol. The first-order valence-corrected chi connectivity index (χ1v) is 6.28. The van der Waals surface area contributed by atoms with Gasteiger partial charge in [0.15, 0.2) is 0 Å². The average Bonchev–Trinajstić information content (AvgIpc) is 2.85. The second kappa shape index (κ2) is 3.63. The molecule has 1 N–H and O–H groups in total. The molecule has 0 atom stereocenters. The molecule has 0 unspecified atom stereocenters. The fourth-order valence-electron chi connectivity index (χ4n) is 2.55. The molecule has 0 spiro atoms. The Hall–Kier alpha value is -0.830. The maximum atomic E-state index is 4.39. The number of fused-ring (bicyclic) bond motifs is 1. The molecule has 1 aromatic carbocycles. The zero-order valence-electron chi connectivity index (χ0n) is 8.46. The van der Waals surface area contributed by atoms with Crippen molar-refractivity contribution < 1.29 is 0 Å². The smallest absolute Gasteiger partial charge is 0.107 e. The second-order valence-corrected chi connectivity index (χ2v) is 5.11. The third kappa shape index (κ3) is 1.49. The summed E-state index contributed by atoms with van der Waals surface area (Å²) in [5.74, 6) is 0.698. The SMILES string of the molecule is Brc1cccc2c(C3CCCC3)[nH]nc12. The van der Waals surface area contributed by atoms with E-state index in [1.165, 1.54) is 36.8 Å². The molecule has 1 aliphatic carbocycles. The Morgan fingerprint density at radius 2 is 2.07 bits per heavy atom. The van der Waals surface area contributed by atoms with Crippen LogP contribution in [0, 0.1) is 0 Å². The molecule has 2 aromatic rings. The lowest BCUT2D eigenvalue weighted by molar-refractivity contribution is 0.698. The van der Waals surface area contributed by atoms with E-state index in [1.807, 2.05) is 6.07 Å². The summed E-state index contributed by atoms with van der Waals surface area (Å²) < 4.78 is 1.08. The number of benzene rings is 1. The number of hydrogen-bond acceptors (Lipinski definition) is 1. The predicted octanol–water partition coefficient (Wildman–Crippen LogP) is 3.98. The Morgan fingerprint density at radius 1 is 1.27 bits per heavy atom. The van der Waals surface area contributed by atoms with Gasteiger partial charge in [-0.2, -0.15) is 5.10 Å². The largest absolute Gasteiger partial charge is 0.281 e. The fourth-order valence-corrected chi connectivity index (χ4v) is 3.00. The van der Waals surface area contributed by atoms with Gasteiger partial charge < -0.3 is 0 Å². The highest BCUT2D eigenvalue weighted by molar-refractivity contribution is 9.10. The standard InChI is InChI=1S/C12H13BrN2/c13-10-7-3-6-9-11(14-15-12(9)10)8-4-1-2-5-8/h3,6-8H,1-2,4-5H2,(H,14,15). The number of halogens is 1. The highest BCUT2D eigenvalue weighted by Gasteiger charge is 2.21. The first-order chi connectivity index (χ1) is 7.36. The maximum absolute atomic E-state index is 4.39. The van der Waals surface area contributed by atoms with E-state index in [1.54, 1.807) is 0 Å². The van der Waals surface area contributed by atoms with E-state index in [2.05, 4.69) is 38.3 Å². The third-order valence-electron chi connectivity index (χ3n) is 3.33. The van der Waals surface area contributed by atoms with Gasteiger partial charge in [0.2, 0.25) is 0 Å². The van der Waals surface area contributed by atoms with Crippen LogP contribution in [-0.2, 0) is 0 Å². The van der Waals surface area contributed by atoms with E-state index in [9.17, 15) is 0 Å². The minimum Gasteiger partial charge on any atom is -0.281 e. The number of aromatic nitrogens is 2. The van der Waals surface area contributed by atoms with Gasteiger partial charge in [-0.05, 0) is 34.8 Å². The highest BCUT2D eigenvalue weighted by Crippen LogP contribution is 2.37. The fraction of sp³-hybridized carbons (Fsp3) is 0.417. The van der Waals surface area contributed by atoms with Crippen molar-refractivity contribution in [1.82, 2.24) is 10.2 Å². The van der Waals surface area contributed by atoms with Crippen molar-refractivity contribution >= 4 is 26.8 Å². The molecule has 3 heteroatoms. The van der Waals surface area contributed by atoms with Crippen molar-refractivity contribution in [2.24, 2.45) is 0 Å². The van der Waals surface area contributed by atoms with E-state index >= 15 is 0 Å². The number of aromatic amines is 1.